The van der Waals surface area contributed by atoms with Crippen molar-refractivity contribution < 1.29 is 27.4 Å². The van der Waals surface area contributed by atoms with Crippen molar-refractivity contribution in [2.45, 2.75) is 37.8 Å². The zero-order valence-corrected chi connectivity index (χ0v) is 24.6. The number of likely N-dealkylation sites (tertiary alicyclic amines) is 1. The second kappa shape index (κ2) is 13.2. The number of rotatable bonds is 11. The van der Waals surface area contributed by atoms with Gasteiger partial charge in [-0.1, -0.05) is 6.07 Å². The van der Waals surface area contributed by atoms with Crippen LogP contribution in [0.1, 0.15) is 36.3 Å². The monoisotopic (exact) mass is 574 g/mol. The maximum absolute atomic E-state index is 13.8. The largest absolute Gasteiger partial charge is 0.493 e. The summed E-state index contributed by atoms with van der Waals surface area (Å²) in [4.78, 5) is 22.0. The highest BCUT2D eigenvalue weighted by Crippen LogP contribution is 2.40. The van der Waals surface area contributed by atoms with Gasteiger partial charge in [-0.15, -0.1) is 0 Å². The summed E-state index contributed by atoms with van der Waals surface area (Å²) in [6.07, 6.45) is -2.77. The topological polar surface area (TPSA) is 61.0 Å². The van der Waals surface area contributed by atoms with Crippen LogP contribution in [0.2, 0.25) is 0 Å². The number of nitrogens with zero attached hydrogens (tertiary/aromatic N) is 3. The molecular weight excluding hydrogens is 533 g/mol. The molecule has 224 valence electrons. The van der Waals surface area contributed by atoms with Crippen LogP contribution in [0.5, 0.6) is 11.5 Å². The lowest BCUT2D eigenvalue weighted by Gasteiger charge is -2.33. The molecule has 4 rings (SSSR count). The summed E-state index contributed by atoms with van der Waals surface area (Å²) < 4.78 is 52.0. The van der Waals surface area contributed by atoms with E-state index in [9.17, 15) is 18.0 Å². The molecule has 10 heteroatoms. The standard InChI is InChI=1S/C31H41F3N4O3/c1-36(2)13-6-14-37(3)29(39)20-38-15-11-21(12-16-38)22-7-9-26-24(17-22)25(19-31(32,33)34)30(35-26)23-8-10-27(40-4)28(18-23)41-5/h7-10,17-18,21,35H,6,11-16,19-20H2,1-5H3. The number of fused-ring (bicyclic) bond motifs is 1. The third-order valence-electron chi connectivity index (χ3n) is 7.92. The first-order valence-corrected chi connectivity index (χ1v) is 14.0. The fourth-order valence-electron chi connectivity index (χ4n) is 5.63. The minimum absolute atomic E-state index is 0.121. The van der Waals surface area contributed by atoms with E-state index in [-0.39, 0.29) is 17.4 Å². The van der Waals surface area contributed by atoms with E-state index in [1.54, 1.807) is 23.1 Å². The summed E-state index contributed by atoms with van der Waals surface area (Å²) in [6, 6.07) is 10.9. The molecule has 0 spiro atoms. The summed E-state index contributed by atoms with van der Waals surface area (Å²) in [7, 11) is 8.92. The van der Waals surface area contributed by atoms with Gasteiger partial charge in [0.1, 0.15) is 0 Å². The molecule has 1 amide bonds. The van der Waals surface area contributed by atoms with Crippen molar-refractivity contribution >= 4 is 16.8 Å². The SMILES string of the molecule is COc1ccc(-c2[nH]c3ccc(C4CCN(CC(=O)N(C)CCCN(C)C)CC4)cc3c2CC(F)(F)F)cc1OC. The number of hydrogen-bond acceptors (Lipinski definition) is 5. The highest BCUT2D eigenvalue weighted by Gasteiger charge is 2.32. The fraction of sp³-hybridized carbons (Fsp3) is 0.516. The zero-order valence-electron chi connectivity index (χ0n) is 24.6. The number of aromatic nitrogens is 1. The van der Waals surface area contributed by atoms with Crippen LogP contribution >= 0.6 is 0 Å². The van der Waals surface area contributed by atoms with E-state index in [2.05, 4.69) is 14.8 Å². The summed E-state index contributed by atoms with van der Waals surface area (Å²) in [6.45, 7) is 3.62. The van der Waals surface area contributed by atoms with E-state index in [0.717, 1.165) is 51.0 Å². The predicted octanol–water partition coefficient (Wildman–Crippen LogP) is 5.55. The number of carbonyl (C=O) groups is 1. The van der Waals surface area contributed by atoms with E-state index < -0.39 is 12.6 Å². The number of hydrogen-bond donors (Lipinski definition) is 1. The van der Waals surface area contributed by atoms with Gasteiger partial charge in [-0.2, -0.15) is 13.2 Å². The van der Waals surface area contributed by atoms with Crippen molar-refractivity contribution in [3.8, 4) is 22.8 Å². The van der Waals surface area contributed by atoms with Crippen molar-refractivity contribution in [1.82, 2.24) is 19.7 Å². The van der Waals surface area contributed by atoms with Gasteiger partial charge in [0, 0.05) is 30.1 Å². The van der Waals surface area contributed by atoms with E-state index in [1.165, 1.54) is 14.2 Å². The number of ether oxygens (including phenoxy) is 2. The molecule has 0 aliphatic carbocycles. The third kappa shape index (κ3) is 7.74. The molecule has 3 aromatic rings. The lowest BCUT2D eigenvalue weighted by atomic mass is 9.88. The minimum Gasteiger partial charge on any atom is -0.493 e. The number of likely N-dealkylation sites (N-methyl/N-ethyl adjacent to an activating group) is 1. The van der Waals surface area contributed by atoms with Crippen molar-refractivity contribution in [2.75, 3.05) is 68.1 Å². The zero-order chi connectivity index (χ0) is 29.7. The van der Waals surface area contributed by atoms with Crippen LogP contribution in [0.15, 0.2) is 36.4 Å². The number of piperidine rings is 1. The van der Waals surface area contributed by atoms with Crippen molar-refractivity contribution in [3.05, 3.63) is 47.5 Å². The Labute approximate surface area is 240 Å². The van der Waals surface area contributed by atoms with Crippen molar-refractivity contribution in [1.29, 1.82) is 0 Å². The van der Waals surface area contributed by atoms with Gasteiger partial charge in [0.2, 0.25) is 5.91 Å². The molecule has 0 saturated carbocycles. The van der Waals surface area contributed by atoms with Gasteiger partial charge in [-0.3, -0.25) is 9.69 Å². The van der Waals surface area contributed by atoms with Gasteiger partial charge in [-0.05, 0) is 100 Å². The van der Waals surface area contributed by atoms with E-state index in [4.69, 9.17) is 9.47 Å². The molecule has 0 unspecified atom stereocenters. The molecule has 2 heterocycles. The number of alkyl halides is 3. The number of nitrogens with one attached hydrogen (secondary N) is 1. The van der Waals surface area contributed by atoms with Crippen LogP contribution in [0, 0.1) is 0 Å². The summed E-state index contributed by atoms with van der Waals surface area (Å²) in [5, 5.41) is 0.585. The lowest BCUT2D eigenvalue weighted by Crippen LogP contribution is -2.42. The molecule has 0 radical (unpaired) electrons. The van der Waals surface area contributed by atoms with E-state index in [1.807, 2.05) is 39.3 Å². The first-order chi connectivity index (χ1) is 19.5. The van der Waals surface area contributed by atoms with Crippen LogP contribution in [0.3, 0.4) is 0 Å². The third-order valence-corrected chi connectivity index (χ3v) is 7.92. The van der Waals surface area contributed by atoms with Gasteiger partial charge in [0.05, 0.1) is 32.9 Å². The number of carbonyl (C=O) groups excluding carboxylic acids is 1. The fourth-order valence-corrected chi connectivity index (χ4v) is 5.63. The Morgan fingerprint density at radius 3 is 2.34 bits per heavy atom. The van der Waals surface area contributed by atoms with Crippen LogP contribution in [-0.2, 0) is 11.2 Å². The summed E-state index contributed by atoms with van der Waals surface area (Å²) >= 11 is 0. The van der Waals surface area contributed by atoms with Gasteiger partial charge in [0.15, 0.2) is 11.5 Å². The number of amides is 1. The maximum atomic E-state index is 13.8. The van der Waals surface area contributed by atoms with E-state index >= 15 is 0 Å². The number of aromatic amines is 1. The second-order valence-electron chi connectivity index (χ2n) is 11.2. The summed E-state index contributed by atoms with van der Waals surface area (Å²) in [5.41, 5.74) is 2.95. The van der Waals surface area contributed by atoms with Gasteiger partial charge in [0.25, 0.3) is 0 Å². The van der Waals surface area contributed by atoms with Crippen LogP contribution < -0.4 is 9.47 Å². The number of halogens is 3. The smallest absolute Gasteiger partial charge is 0.393 e. The molecule has 41 heavy (non-hydrogen) atoms. The van der Waals surface area contributed by atoms with E-state index in [0.29, 0.717) is 40.2 Å². The molecule has 1 aromatic heterocycles. The van der Waals surface area contributed by atoms with Crippen molar-refractivity contribution in [3.63, 3.8) is 0 Å². The number of H-pyrrole nitrogens is 1. The molecule has 2 aromatic carbocycles. The Hall–Kier alpha value is -3.24. The number of methoxy groups -OCH3 is 2. The molecule has 0 atom stereocenters. The van der Waals surface area contributed by atoms with Crippen LogP contribution in [0.25, 0.3) is 22.2 Å². The maximum Gasteiger partial charge on any atom is 0.393 e. The quantitative estimate of drug-likeness (QED) is 0.326. The Morgan fingerprint density at radius 1 is 1.00 bits per heavy atom. The van der Waals surface area contributed by atoms with Gasteiger partial charge >= 0.3 is 6.18 Å². The molecule has 0 bridgehead atoms. The number of benzene rings is 2. The van der Waals surface area contributed by atoms with Gasteiger partial charge in [-0.25, -0.2) is 0 Å². The molecule has 7 nitrogen and oxygen atoms in total. The van der Waals surface area contributed by atoms with Crippen molar-refractivity contribution in [2.24, 2.45) is 0 Å². The Balaban J connectivity index is 1.51. The Morgan fingerprint density at radius 2 is 1.71 bits per heavy atom. The molecule has 1 N–H and O–H groups in total. The first-order valence-electron chi connectivity index (χ1n) is 14.0. The molecule has 1 saturated heterocycles. The molecular formula is C31H41F3N4O3. The molecule has 1 aliphatic rings. The van der Waals surface area contributed by atoms with Crippen LogP contribution in [-0.4, -0.2) is 99.9 Å². The highest BCUT2D eigenvalue weighted by molar-refractivity contribution is 5.91. The second-order valence-corrected chi connectivity index (χ2v) is 11.2. The van der Waals surface area contributed by atoms with Gasteiger partial charge < -0.3 is 24.3 Å². The van der Waals surface area contributed by atoms with Crippen LogP contribution in [0.4, 0.5) is 13.2 Å². The average Bonchev–Trinajstić information content (AvgIpc) is 3.28. The molecule has 1 fully saturated rings. The Kier molecular flexibility index (Phi) is 9.86. The Bertz CT molecular complexity index is 1330. The average molecular weight is 575 g/mol. The highest BCUT2D eigenvalue weighted by atomic mass is 19.4. The summed E-state index contributed by atoms with van der Waals surface area (Å²) in [5.74, 6) is 1.31. The molecule has 1 aliphatic heterocycles. The normalized spacial score (nSPS) is 15.0. The predicted molar refractivity (Wildman–Crippen MR) is 156 cm³/mol. The lowest BCUT2D eigenvalue weighted by molar-refractivity contribution is -0.131. The minimum atomic E-state index is -4.37. The first kappa shape index (κ1) is 30.7.